The zero-order valence-corrected chi connectivity index (χ0v) is 11.5. The van der Waals surface area contributed by atoms with Crippen LogP contribution in [0.25, 0.3) is 0 Å². The molecule has 1 atom stereocenters. The van der Waals surface area contributed by atoms with Crippen molar-refractivity contribution in [3.8, 4) is 0 Å². The van der Waals surface area contributed by atoms with Crippen LogP contribution in [0.15, 0.2) is 6.07 Å². The first-order valence-corrected chi connectivity index (χ1v) is 6.25. The molecule has 1 aliphatic rings. The van der Waals surface area contributed by atoms with Gasteiger partial charge in [0.2, 0.25) is 0 Å². The number of aromatic amines is 1. The Morgan fingerprint density at radius 2 is 2.39 bits per heavy atom. The van der Waals surface area contributed by atoms with Crippen molar-refractivity contribution in [2.45, 2.75) is 38.6 Å². The standard InChI is InChI=1S/C12H20N4O.ClH/c1-9-8-11(15-14-9)12(17)16-7-3-2-4-10(16)5-6-13;/h8,10H,2-7,13H2,1H3,(H,14,15);1H. The van der Waals surface area contributed by atoms with Crippen molar-refractivity contribution < 1.29 is 4.79 Å². The van der Waals surface area contributed by atoms with Crippen molar-refractivity contribution in [3.63, 3.8) is 0 Å². The number of carbonyl (C=O) groups excluding carboxylic acids is 1. The first-order chi connectivity index (χ1) is 8.22. The first kappa shape index (κ1) is 15.0. The molecule has 1 fully saturated rings. The number of nitrogens with one attached hydrogen (secondary N) is 1. The number of H-pyrrole nitrogens is 1. The molecule has 1 aromatic heterocycles. The molecule has 102 valence electrons. The van der Waals surface area contributed by atoms with Crippen LogP contribution >= 0.6 is 12.4 Å². The second-order valence-electron chi connectivity index (χ2n) is 4.66. The van der Waals surface area contributed by atoms with Gasteiger partial charge in [-0.05, 0) is 45.2 Å². The predicted molar refractivity (Wildman–Crippen MR) is 72.9 cm³/mol. The number of nitrogens with zero attached hydrogens (tertiary/aromatic N) is 2. The molecule has 0 spiro atoms. The minimum Gasteiger partial charge on any atom is -0.334 e. The van der Waals surface area contributed by atoms with E-state index in [1.165, 1.54) is 6.42 Å². The van der Waals surface area contributed by atoms with E-state index in [1.54, 1.807) is 6.07 Å². The Labute approximate surface area is 114 Å². The lowest BCUT2D eigenvalue weighted by Crippen LogP contribution is -2.44. The van der Waals surface area contributed by atoms with Gasteiger partial charge in [-0.3, -0.25) is 9.89 Å². The number of carbonyl (C=O) groups is 1. The van der Waals surface area contributed by atoms with Gasteiger partial charge in [-0.1, -0.05) is 0 Å². The maximum absolute atomic E-state index is 12.3. The minimum absolute atomic E-state index is 0. The van der Waals surface area contributed by atoms with Gasteiger partial charge >= 0.3 is 0 Å². The average Bonchev–Trinajstić information content (AvgIpc) is 2.76. The van der Waals surface area contributed by atoms with Crippen molar-refractivity contribution in [2.24, 2.45) is 5.73 Å². The highest BCUT2D eigenvalue weighted by molar-refractivity contribution is 5.92. The van der Waals surface area contributed by atoms with Gasteiger partial charge in [-0.25, -0.2) is 0 Å². The summed E-state index contributed by atoms with van der Waals surface area (Å²) in [7, 11) is 0. The Morgan fingerprint density at radius 1 is 1.61 bits per heavy atom. The molecule has 2 heterocycles. The number of halogens is 1. The molecule has 0 aromatic carbocycles. The van der Waals surface area contributed by atoms with E-state index in [9.17, 15) is 4.79 Å². The lowest BCUT2D eigenvalue weighted by Gasteiger charge is -2.35. The second-order valence-corrected chi connectivity index (χ2v) is 4.66. The van der Waals surface area contributed by atoms with Crippen molar-refractivity contribution in [1.29, 1.82) is 0 Å². The fraction of sp³-hybridized carbons (Fsp3) is 0.667. The van der Waals surface area contributed by atoms with Crippen LogP contribution in [0.5, 0.6) is 0 Å². The van der Waals surface area contributed by atoms with Crippen LogP contribution in [0, 0.1) is 6.92 Å². The SMILES string of the molecule is Cc1cc(C(=O)N2CCCCC2CCN)n[nH]1.Cl. The summed E-state index contributed by atoms with van der Waals surface area (Å²) in [6.07, 6.45) is 4.21. The number of aryl methyl sites for hydroxylation is 1. The summed E-state index contributed by atoms with van der Waals surface area (Å²) in [5.41, 5.74) is 7.04. The highest BCUT2D eigenvalue weighted by Crippen LogP contribution is 2.21. The fourth-order valence-corrected chi connectivity index (χ4v) is 2.44. The zero-order chi connectivity index (χ0) is 12.3. The van der Waals surface area contributed by atoms with Crippen molar-refractivity contribution >= 4 is 18.3 Å². The fourth-order valence-electron chi connectivity index (χ4n) is 2.44. The number of piperidine rings is 1. The van der Waals surface area contributed by atoms with Gasteiger partial charge < -0.3 is 10.6 Å². The van der Waals surface area contributed by atoms with Crippen LogP contribution in [0.4, 0.5) is 0 Å². The molecule has 1 saturated heterocycles. The van der Waals surface area contributed by atoms with E-state index in [-0.39, 0.29) is 18.3 Å². The van der Waals surface area contributed by atoms with E-state index >= 15 is 0 Å². The average molecular weight is 273 g/mol. The Morgan fingerprint density at radius 3 is 3.00 bits per heavy atom. The van der Waals surface area contributed by atoms with Gasteiger partial charge in [-0.2, -0.15) is 5.10 Å². The summed E-state index contributed by atoms with van der Waals surface area (Å²) >= 11 is 0. The summed E-state index contributed by atoms with van der Waals surface area (Å²) in [6, 6.07) is 2.09. The summed E-state index contributed by atoms with van der Waals surface area (Å²) in [6.45, 7) is 3.36. The van der Waals surface area contributed by atoms with E-state index in [4.69, 9.17) is 5.73 Å². The molecule has 5 nitrogen and oxygen atoms in total. The third-order valence-electron chi connectivity index (χ3n) is 3.31. The quantitative estimate of drug-likeness (QED) is 0.875. The van der Waals surface area contributed by atoms with Gasteiger partial charge in [0, 0.05) is 18.3 Å². The second kappa shape index (κ2) is 6.75. The number of likely N-dealkylation sites (tertiary alicyclic amines) is 1. The number of hydrogen-bond acceptors (Lipinski definition) is 3. The Hall–Kier alpha value is -1.07. The maximum Gasteiger partial charge on any atom is 0.274 e. The molecule has 6 heteroatoms. The van der Waals surface area contributed by atoms with Gasteiger partial charge in [0.1, 0.15) is 5.69 Å². The number of hydrogen-bond donors (Lipinski definition) is 2. The molecule has 2 rings (SSSR count). The van der Waals surface area contributed by atoms with E-state index in [2.05, 4.69) is 10.2 Å². The molecule has 1 aromatic rings. The number of aromatic nitrogens is 2. The van der Waals surface area contributed by atoms with Gasteiger partial charge in [0.05, 0.1) is 0 Å². The zero-order valence-electron chi connectivity index (χ0n) is 10.7. The Balaban J connectivity index is 0.00000162. The summed E-state index contributed by atoms with van der Waals surface area (Å²) in [5.74, 6) is 0.0347. The molecule has 0 radical (unpaired) electrons. The smallest absolute Gasteiger partial charge is 0.274 e. The van der Waals surface area contributed by atoms with Gasteiger partial charge in [0.25, 0.3) is 5.91 Å². The Kier molecular flexibility index (Phi) is 5.62. The minimum atomic E-state index is 0. The summed E-state index contributed by atoms with van der Waals surface area (Å²) < 4.78 is 0. The van der Waals surface area contributed by atoms with E-state index in [1.807, 2.05) is 11.8 Å². The van der Waals surface area contributed by atoms with Crippen molar-refractivity contribution in [2.75, 3.05) is 13.1 Å². The van der Waals surface area contributed by atoms with Crippen LogP contribution in [0.1, 0.15) is 41.9 Å². The molecular weight excluding hydrogens is 252 g/mol. The highest BCUT2D eigenvalue weighted by atomic mass is 35.5. The summed E-state index contributed by atoms with van der Waals surface area (Å²) in [4.78, 5) is 14.2. The number of nitrogens with two attached hydrogens (primary N) is 1. The van der Waals surface area contributed by atoms with E-state index < -0.39 is 0 Å². The van der Waals surface area contributed by atoms with Gasteiger partial charge in [-0.15, -0.1) is 12.4 Å². The third kappa shape index (κ3) is 3.23. The molecule has 18 heavy (non-hydrogen) atoms. The van der Waals surface area contributed by atoms with Gasteiger partial charge in [0.15, 0.2) is 0 Å². The van der Waals surface area contributed by atoms with Crippen molar-refractivity contribution in [3.05, 3.63) is 17.5 Å². The predicted octanol–water partition coefficient (Wildman–Crippen LogP) is 1.48. The van der Waals surface area contributed by atoms with E-state index in [0.29, 0.717) is 18.3 Å². The van der Waals surface area contributed by atoms with Crippen LogP contribution < -0.4 is 5.73 Å². The lowest BCUT2D eigenvalue weighted by molar-refractivity contribution is 0.0599. The normalized spacial score (nSPS) is 19.4. The molecule has 1 unspecified atom stereocenters. The van der Waals surface area contributed by atoms with E-state index in [0.717, 1.165) is 31.5 Å². The molecule has 0 aliphatic carbocycles. The lowest BCUT2D eigenvalue weighted by atomic mass is 9.99. The number of rotatable bonds is 3. The topological polar surface area (TPSA) is 75.0 Å². The van der Waals surface area contributed by atoms with Crippen molar-refractivity contribution in [1.82, 2.24) is 15.1 Å². The molecule has 0 saturated carbocycles. The maximum atomic E-state index is 12.3. The van der Waals surface area contributed by atoms with Crippen LogP contribution in [-0.4, -0.2) is 40.1 Å². The molecule has 1 aliphatic heterocycles. The molecule has 3 N–H and O–H groups in total. The molecule has 1 amide bonds. The number of amides is 1. The highest BCUT2D eigenvalue weighted by Gasteiger charge is 2.27. The molecule has 0 bridgehead atoms. The third-order valence-corrected chi connectivity index (χ3v) is 3.31. The molecular formula is C12H21ClN4O. The van der Waals surface area contributed by atoms with Crippen LogP contribution in [0.3, 0.4) is 0 Å². The van der Waals surface area contributed by atoms with Crippen LogP contribution in [0.2, 0.25) is 0 Å². The Bertz CT molecular complexity index is 391. The monoisotopic (exact) mass is 272 g/mol. The summed E-state index contributed by atoms with van der Waals surface area (Å²) in [5, 5.41) is 6.85. The first-order valence-electron chi connectivity index (χ1n) is 6.25. The van der Waals surface area contributed by atoms with Crippen LogP contribution in [-0.2, 0) is 0 Å². The largest absolute Gasteiger partial charge is 0.334 e.